The summed E-state index contributed by atoms with van der Waals surface area (Å²) in [5, 5.41) is 10.6. The number of nitrogens with one attached hydrogen (secondary N) is 1. The molecule has 2 heterocycles. The standard InChI is InChI=1S/C9H9N3OS/c1-6-9(14-5-8(13)11-6)7-3-2-4-10-12-7/h2-4H,5H2,1H3,(H,11,13). The number of hydrogen-bond donors (Lipinski definition) is 1. The lowest BCUT2D eigenvalue weighted by Crippen LogP contribution is -2.27. The maximum atomic E-state index is 11.0. The summed E-state index contributed by atoms with van der Waals surface area (Å²) >= 11 is 1.50. The molecule has 0 spiro atoms. The Morgan fingerprint density at radius 1 is 1.57 bits per heavy atom. The Morgan fingerprint density at radius 3 is 3.07 bits per heavy atom. The van der Waals surface area contributed by atoms with Crippen molar-refractivity contribution >= 4 is 22.6 Å². The summed E-state index contributed by atoms with van der Waals surface area (Å²) < 4.78 is 0. The van der Waals surface area contributed by atoms with Gasteiger partial charge in [-0.05, 0) is 19.1 Å². The lowest BCUT2D eigenvalue weighted by atomic mass is 10.3. The van der Waals surface area contributed by atoms with Gasteiger partial charge in [0.05, 0.1) is 10.7 Å². The quantitative estimate of drug-likeness (QED) is 0.747. The molecule has 0 aromatic carbocycles. The Labute approximate surface area is 85.8 Å². The third-order valence-corrected chi connectivity index (χ3v) is 3.03. The normalized spacial score (nSPS) is 16.8. The van der Waals surface area contributed by atoms with Crippen LogP contribution in [0.4, 0.5) is 0 Å². The molecule has 1 N–H and O–H groups in total. The summed E-state index contributed by atoms with van der Waals surface area (Å²) in [7, 11) is 0. The molecule has 1 amide bonds. The van der Waals surface area contributed by atoms with Crippen LogP contribution in [0.15, 0.2) is 24.0 Å². The lowest BCUT2D eigenvalue weighted by Gasteiger charge is -2.16. The Kier molecular flexibility index (Phi) is 2.49. The number of aromatic nitrogens is 2. The van der Waals surface area contributed by atoms with Crippen molar-refractivity contribution in [2.24, 2.45) is 0 Å². The van der Waals surface area contributed by atoms with E-state index < -0.39 is 0 Å². The second-order valence-corrected chi connectivity index (χ2v) is 3.89. The van der Waals surface area contributed by atoms with E-state index in [1.165, 1.54) is 11.8 Å². The molecule has 1 aliphatic rings. The second-order valence-electron chi connectivity index (χ2n) is 2.90. The Morgan fingerprint density at radius 2 is 2.43 bits per heavy atom. The highest BCUT2D eigenvalue weighted by atomic mass is 32.2. The molecule has 14 heavy (non-hydrogen) atoms. The van der Waals surface area contributed by atoms with Crippen LogP contribution in [0.1, 0.15) is 12.6 Å². The first kappa shape index (κ1) is 9.21. The highest BCUT2D eigenvalue weighted by molar-refractivity contribution is 8.09. The topological polar surface area (TPSA) is 54.9 Å². The zero-order valence-corrected chi connectivity index (χ0v) is 8.47. The second kappa shape index (κ2) is 3.79. The van der Waals surface area contributed by atoms with Crippen LogP contribution in [-0.4, -0.2) is 21.9 Å². The number of hydrogen-bond acceptors (Lipinski definition) is 4. The molecule has 0 aliphatic carbocycles. The van der Waals surface area contributed by atoms with Gasteiger partial charge in [-0.1, -0.05) is 0 Å². The van der Waals surface area contributed by atoms with Gasteiger partial charge < -0.3 is 5.32 Å². The third-order valence-electron chi connectivity index (χ3n) is 1.82. The van der Waals surface area contributed by atoms with Gasteiger partial charge in [0.15, 0.2) is 0 Å². The van der Waals surface area contributed by atoms with Crippen molar-refractivity contribution in [3.63, 3.8) is 0 Å². The van der Waals surface area contributed by atoms with E-state index in [-0.39, 0.29) is 5.91 Å². The van der Waals surface area contributed by atoms with Crippen molar-refractivity contribution < 1.29 is 4.79 Å². The summed E-state index contributed by atoms with van der Waals surface area (Å²) in [5.41, 5.74) is 1.67. The van der Waals surface area contributed by atoms with Gasteiger partial charge in [0, 0.05) is 11.9 Å². The molecule has 0 saturated heterocycles. The molecule has 2 rings (SSSR count). The molecule has 4 nitrogen and oxygen atoms in total. The SMILES string of the molecule is CC1=C(c2cccnn2)SCC(=O)N1. The fraction of sp³-hybridized carbons (Fsp3) is 0.222. The number of nitrogens with zero attached hydrogens (tertiary/aromatic N) is 2. The molecular formula is C9H9N3OS. The van der Waals surface area contributed by atoms with E-state index in [2.05, 4.69) is 15.5 Å². The summed E-state index contributed by atoms with van der Waals surface area (Å²) in [6.07, 6.45) is 1.63. The van der Waals surface area contributed by atoms with E-state index in [0.717, 1.165) is 16.3 Å². The van der Waals surface area contributed by atoms with Crippen molar-refractivity contribution in [1.29, 1.82) is 0 Å². The van der Waals surface area contributed by atoms with E-state index in [0.29, 0.717) is 5.75 Å². The van der Waals surface area contributed by atoms with Crippen molar-refractivity contribution in [2.45, 2.75) is 6.92 Å². The fourth-order valence-corrected chi connectivity index (χ4v) is 2.11. The van der Waals surface area contributed by atoms with Crippen LogP contribution in [0.5, 0.6) is 0 Å². The van der Waals surface area contributed by atoms with Crippen molar-refractivity contribution in [3.8, 4) is 0 Å². The molecule has 1 aromatic rings. The Balaban J connectivity index is 2.35. The van der Waals surface area contributed by atoms with Gasteiger partial charge in [-0.25, -0.2) is 0 Å². The van der Waals surface area contributed by atoms with Gasteiger partial charge in [-0.15, -0.1) is 16.9 Å². The van der Waals surface area contributed by atoms with Gasteiger partial charge in [0.1, 0.15) is 5.69 Å². The van der Waals surface area contributed by atoms with Crippen LogP contribution in [0.3, 0.4) is 0 Å². The highest BCUT2D eigenvalue weighted by Crippen LogP contribution is 2.30. The van der Waals surface area contributed by atoms with Gasteiger partial charge in [0.2, 0.25) is 5.91 Å². The van der Waals surface area contributed by atoms with Gasteiger partial charge in [-0.3, -0.25) is 4.79 Å². The average molecular weight is 207 g/mol. The molecule has 1 aromatic heterocycles. The molecule has 0 fully saturated rings. The number of allylic oxidation sites excluding steroid dienone is 1. The fourth-order valence-electron chi connectivity index (χ4n) is 1.24. The van der Waals surface area contributed by atoms with Crippen molar-refractivity contribution in [1.82, 2.24) is 15.5 Å². The minimum atomic E-state index is 0.0418. The number of carbonyl (C=O) groups excluding carboxylic acids is 1. The first-order chi connectivity index (χ1) is 6.77. The predicted octanol–water partition coefficient (Wildman–Crippen LogP) is 1.03. The van der Waals surface area contributed by atoms with Crippen LogP contribution < -0.4 is 5.32 Å². The highest BCUT2D eigenvalue weighted by Gasteiger charge is 2.17. The molecule has 0 radical (unpaired) electrons. The minimum absolute atomic E-state index is 0.0418. The van der Waals surface area contributed by atoms with Crippen LogP contribution in [0.25, 0.3) is 4.91 Å². The summed E-state index contributed by atoms with van der Waals surface area (Å²) in [6.45, 7) is 1.87. The Hall–Kier alpha value is -1.36. The van der Waals surface area contributed by atoms with Gasteiger partial charge in [-0.2, -0.15) is 5.10 Å². The molecule has 5 heteroatoms. The first-order valence-corrected chi connectivity index (χ1v) is 5.17. The van der Waals surface area contributed by atoms with E-state index >= 15 is 0 Å². The molecule has 72 valence electrons. The van der Waals surface area contributed by atoms with Crippen LogP contribution in [0.2, 0.25) is 0 Å². The smallest absolute Gasteiger partial charge is 0.234 e. The van der Waals surface area contributed by atoms with Gasteiger partial charge >= 0.3 is 0 Å². The summed E-state index contributed by atoms with van der Waals surface area (Å²) in [6, 6.07) is 3.72. The third kappa shape index (κ3) is 1.77. The van der Waals surface area contributed by atoms with Crippen molar-refractivity contribution in [2.75, 3.05) is 5.75 Å². The van der Waals surface area contributed by atoms with E-state index in [1.807, 2.05) is 19.1 Å². The molecular weight excluding hydrogens is 198 g/mol. The summed E-state index contributed by atoms with van der Waals surface area (Å²) in [4.78, 5) is 12.0. The number of carbonyl (C=O) groups is 1. The zero-order valence-electron chi connectivity index (χ0n) is 7.65. The van der Waals surface area contributed by atoms with Crippen LogP contribution in [0, 0.1) is 0 Å². The lowest BCUT2D eigenvalue weighted by molar-refractivity contribution is -0.117. The minimum Gasteiger partial charge on any atom is -0.328 e. The van der Waals surface area contributed by atoms with E-state index in [9.17, 15) is 4.79 Å². The average Bonchev–Trinajstić information content (AvgIpc) is 2.19. The molecule has 0 atom stereocenters. The summed E-state index contributed by atoms with van der Waals surface area (Å²) in [5.74, 6) is 0.489. The number of rotatable bonds is 1. The predicted molar refractivity (Wildman–Crippen MR) is 55.2 cm³/mol. The van der Waals surface area contributed by atoms with Crippen molar-refractivity contribution in [3.05, 3.63) is 29.7 Å². The van der Waals surface area contributed by atoms with Crippen LogP contribution >= 0.6 is 11.8 Å². The number of thioether (sulfide) groups is 1. The molecule has 0 bridgehead atoms. The zero-order chi connectivity index (χ0) is 9.97. The Bertz CT molecular complexity index is 388. The number of amides is 1. The van der Waals surface area contributed by atoms with E-state index in [4.69, 9.17) is 0 Å². The molecule has 0 unspecified atom stereocenters. The van der Waals surface area contributed by atoms with Gasteiger partial charge in [0.25, 0.3) is 0 Å². The molecule has 0 saturated carbocycles. The maximum Gasteiger partial charge on any atom is 0.234 e. The maximum absolute atomic E-state index is 11.0. The monoisotopic (exact) mass is 207 g/mol. The largest absolute Gasteiger partial charge is 0.328 e. The first-order valence-electron chi connectivity index (χ1n) is 4.19. The van der Waals surface area contributed by atoms with E-state index in [1.54, 1.807) is 6.20 Å². The molecule has 1 aliphatic heterocycles. The van der Waals surface area contributed by atoms with Crippen LogP contribution in [-0.2, 0) is 4.79 Å².